The van der Waals surface area contributed by atoms with E-state index in [0.29, 0.717) is 18.2 Å². The SMILES string of the molecule is CCC(CCBr)NS(=O)(=O)c1cc(S(C)(=O)=O)ccc1F. The maximum atomic E-state index is 13.8. The minimum absolute atomic E-state index is 0.238. The molecule has 0 saturated heterocycles. The summed E-state index contributed by atoms with van der Waals surface area (Å²) in [6.45, 7) is 1.80. The van der Waals surface area contributed by atoms with Gasteiger partial charge in [0.1, 0.15) is 10.7 Å². The summed E-state index contributed by atoms with van der Waals surface area (Å²) in [5.41, 5.74) is 0. The zero-order valence-corrected chi connectivity index (χ0v) is 14.9. The minimum atomic E-state index is -4.12. The number of hydrogen-bond acceptors (Lipinski definition) is 4. The molecule has 0 aliphatic rings. The van der Waals surface area contributed by atoms with Crippen molar-refractivity contribution in [3.8, 4) is 0 Å². The quantitative estimate of drug-likeness (QED) is 0.560. The molecule has 1 rings (SSSR count). The molecule has 1 atom stereocenters. The van der Waals surface area contributed by atoms with Gasteiger partial charge >= 0.3 is 0 Å². The van der Waals surface area contributed by atoms with Crippen molar-refractivity contribution >= 4 is 35.8 Å². The zero-order chi connectivity index (χ0) is 16.3. The number of rotatable bonds is 7. The third kappa shape index (κ3) is 5.01. The van der Waals surface area contributed by atoms with E-state index in [-0.39, 0.29) is 10.9 Å². The summed E-state index contributed by atoms with van der Waals surface area (Å²) in [6, 6.07) is 2.37. The van der Waals surface area contributed by atoms with E-state index < -0.39 is 30.6 Å². The first-order chi connectivity index (χ1) is 9.61. The number of alkyl halides is 1. The molecule has 5 nitrogen and oxygen atoms in total. The van der Waals surface area contributed by atoms with Gasteiger partial charge in [-0.3, -0.25) is 0 Å². The summed E-state index contributed by atoms with van der Waals surface area (Å²) >= 11 is 3.22. The highest BCUT2D eigenvalue weighted by Gasteiger charge is 2.24. The molecular weight excluding hydrogens is 385 g/mol. The molecule has 1 N–H and O–H groups in total. The molecule has 0 spiro atoms. The number of sulfonamides is 1. The Balaban J connectivity index is 3.25. The van der Waals surface area contributed by atoms with Gasteiger partial charge in [-0.25, -0.2) is 25.9 Å². The minimum Gasteiger partial charge on any atom is -0.224 e. The lowest BCUT2D eigenvalue weighted by atomic mass is 10.2. The Labute approximate surface area is 133 Å². The van der Waals surface area contributed by atoms with Crippen LogP contribution in [0.25, 0.3) is 0 Å². The van der Waals surface area contributed by atoms with E-state index in [9.17, 15) is 21.2 Å². The van der Waals surface area contributed by atoms with Crippen LogP contribution in [0.4, 0.5) is 4.39 Å². The van der Waals surface area contributed by atoms with Crippen LogP contribution in [-0.4, -0.2) is 34.5 Å². The van der Waals surface area contributed by atoms with E-state index in [1.165, 1.54) is 0 Å². The van der Waals surface area contributed by atoms with E-state index in [1.807, 2.05) is 0 Å². The number of nitrogens with one attached hydrogen (secondary N) is 1. The fourth-order valence-electron chi connectivity index (χ4n) is 1.68. The molecule has 1 aromatic carbocycles. The fourth-order valence-corrected chi connectivity index (χ4v) is 4.41. The van der Waals surface area contributed by atoms with E-state index >= 15 is 0 Å². The second-order valence-corrected chi connectivity index (χ2v) is 9.06. The first kappa shape index (κ1) is 18.5. The van der Waals surface area contributed by atoms with Gasteiger partial charge in [-0.15, -0.1) is 0 Å². The molecule has 0 aliphatic heterocycles. The smallest absolute Gasteiger partial charge is 0.224 e. The molecule has 0 amide bonds. The third-order valence-electron chi connectivity index (χ3n) is 2.89. The average molecular weight is 402 g/mol. The van der Waals surface area contributed by atoms with E-state index in [2.05, 4.69) is 20.7 Å². The Hall–Kier alpha value is -0.510. The van der Waals surface area contributed by atoms with Gasteiger partial charge in [-0.1, -0.05) is 22.9 Å². The monoisotopic (exact) mass is 401 g/mol. The lowest BCUT2D eigenvalue weighted by Crippen LogP contribution is -2.35. The fraction of sp³-hybridized carbons (Fsp3) is 0.500. The largest absolute Gasteiger partial charge is 0.243 e. The van der Waals surface area contributed by atoms with Crippen LogP contribution in [0.2, 0.25) is 0 Å². The second-order valence-electron chi connectivity index (χ2n) is 4.57. The van der Waals surface area contributed by atoms with Crippen molar-refractivity contribution in [1.29, 1.82) is 0 Å². The first-order valence-electron chi connectivity index (χ1n) is 6.19. The standard InChI is InChI=1S/C12H17BrFNO4S2/c1-3-9(6-7-13)15-21(18,19)12-8-10(20(2,16)17)4-5-11(12)14/h4-5,8-9,15H,3,6-7H2,1-2H3. The summed E-state index contributed by atoms with van der Waals surface area (Å²) in [6.07, 6.45) is 2.02. The Morgan fingerprint density at radius 1 is 1.29 bits per heavy atom. The van der Waals surface area contributed by atoms with E-state index in [1.54, 1.807) is 6.92 Å². The Morgan fingerprint density at radius 2 is 1.90 bits per heavy atom. The van der Waals surface area contributed by atoms with Crippen LogP contribution in [0.1, 0.15) is 19.8 Å². The van der Waals surface area contributed by atoms with Gasteiger partial charge in [-0.2, -0.15) is 0 Å². The van der Waals surface area contributed by atoms with E-state index in [0.717, 1.165) is 24.5 Å². The Kier molecular flexibility index (Phi) is 6.33. The van der Waals surface area contributed by atoms with Crippen LogP contribution in [0, 0.1) is 5.82 Å². The molecule has 0 radical (unpaired) electrons. The summed E-state index contributed by atoms with van der Waals surface area (Å²) in [5, 5.41) is 0.597. The van der Waals surface area contributed by atoms with Crippen molar-refractivity contribution in [3.63, 3.8) is 0 Å². The van der Waals surface area contributed by atoms with Crippen LogP contribution in [0.5, 0.6) is 0 Å². The van der Waals surface area contributed by atoms with Gasteiger partial charge in [0, 0.05) is 17.6 Å². The molecule has 0 heterocycles. The van der Waals surface area contributed by atoms with Crippen LogP contribution in [0.15, 0.2) is 28.0 Å². The van der Waals surface area contributed by atoms with Crippen molar-refractivity contribution in [2.45, 2.75) is 35.6 Å². The molecule has 0 fully saturated rings. The second kappa shape index (κ2) is 7.17. The van der Waals surface area contributed by atoms with Crippen LogP contribution in [0.3, 0.4) is 0 Å². The Morgan fingerprint density at radius 3 is 2.38 bits per heavy atom. The molecule has 0 saturated carbocycles. The summed E-state index contributed by atoms with van der Waals surface area (Å²) in [7, 11) is -7.73. The maximum Gasteiger partial charge on any atom is 0.243 e. The summed E-state index contributed by atoms with van der Waals surface area (Å²) in [5.74, 6) is -0.983. The van der Waals surface area contributed by atoms with Gasteiger partial charge in [0.25, 0.3) is 0 Å². The van der Waals surface area contributed by atoms with Crippen molar-refractivity contribution in [1.82, 2.24) is 4.72 Å². The van der Waals surface area contributed by atoms with Crippen LogP contribution in [-0.2, 0) is 19.9 Å². The topological polar surface area (TPSA) is 80.3 Å². The van der Waals surface area contributed by atoms with E-state index in [4.69, 9.17) is 0 Å². The number of halogens is 2. The molecule has 1 aromatic rings. The van der Waals surface area contributed by atoms with Crippen LogP contribution < -0.4 is 4.72 Å². The highest BCUT2D eigenvalue weighted by Crippen LogP contribution is 2.20. The van der Waals surface area contributed by atoms with Crippen molar-refractivity contribution in [3.05, 3.63) is 24.0 Å². The molecular formula is C12H17BrFNO4S2. The van der Waals surface area contributed by atoms with Crippen molar-refractivity contribution in [2.75, 3.05) is 11.6 Å². The first-order valence-corrected chi connectivity index (χ1v) is 10.7. The molecule has 0 bridgehead atoms. The lowest BCUT2D eigenvalue weighted by molar-refractivity contribution is 0.521. The predicted octanol–water partition coefficient (Wildman–Crippen LogP) is 2.07. The van der Waals surface area contributed by atoms with Gasteiger partial charge < -0.3 is 0 Å². The summed E-state index contributed by atoms with van der Waals surface area (Å²) < 4.78 is 63.5. The number of benzene rings is 1. The zero-order valence-electron chi connectivity index (χ0n) is 11.6. The maximum absolute atomic E-state index is 13.8. The lowest BCUT2D eigenvalue weighted by Gasteiger charge is -2.16. The van der Waals surface area contributed by atoms with Gasteiger partial charge in [0.05, 0.1) is 4.90 Å². The predicted molar refractivity (Wildman–Crippen MR) is 82.3 cm³/mol. The molecule has 1 unspecified atom stereocenters. The van der Waals surface area contributed by atoms with Gasteiger partial charge in [0.15, 0.2) is 9.84 Å². The molecule has 120 valence electrons. The summed E-state index contributed by atoms with van der Waals surface area (Å²) in [4.78, 5) is -0.892. The third-order valence-corrected chi connectivity index (χ3v) is 6.00. The molecule has 0 aliphatic carbocycles. The molecule has 9 heteroatoms. The van der Waals surface area contributed by atoms with Gasteiger partial charge in [0.2, 0.25) is 10.0 Å². The number of hydrogen-bond donors (Lipinski definition) is 1. The highest BCUT2D eigenvalue weighted by atomic mass is 79.9. The Bertz CT molecular complexity index is 704. The normalized spacial score (nSPS) is 14.1. The van der Waals surface area contributed by atoms with Gasteiger partial charge in [-0.05, 0) is 31.0 Å². The van der Waals surface area contributed by atoms with Crippen molar-refractivity contribution < 1.29 is 21.2 Å². The number of sulfone groups is 1. The van der Waals surface area contributed by atoms with Crippen LogP contribution >= 0.6 is 15.9 Å². The van der Waals surface area contributed by atoms with Crippen molar-refractivity contribution in [2.24, 2.45) is 0 Å². The molecule has 0 aromatic heterocycles. The molecule has 21 heavy (non-hydrogen) atoms. The highest BCUT2D eigenvalue weighted by molar-refractivity contribution is 9.09. The average Bonchev–Trinajstić information content (AvgIpc) is 2.36.